The fourth-order valence-electron chi connectivity index (χ4n) is 0.119. The number of aliphatic hydroxyl groups excluding tert-OH is 1. The number of alkyl halides is 1. The molecule has 1 nitrogen and oxygen atoms in total. The monoisotopic (exact) mass is 126 g/mol. The van der Waals surface area contributed by atoms with E-state index in [2.05, 4.69) is 0 Å². The van der Waals surface area contributed by atoms with E-state index in [0.29, 0.717) is 5.88 Å². The van der Waals surface area contributed by atoms with Gasteiger partial charge in [0.2, 0.25) is 0 Å². The van der Waals surface area contributed by atoms with Gasteiger partial charge in [-0.05, 0) is 0 Å². The van der Waals surface area contributed by atoms with Crippen molar-refractivity contribution in [1.82, 2.24) is 0 Å². The van der Waals surface area contributed by atoms with E-state index in [-0.39, 0.29) is 5.94 Å². The number of thioether (sulfide) groups is 1. The molecule has 0 fully saturated rings. The fraction of sp³-hybridized carbons (Fsp3) is 1.00. The Morgan fingerprint density at radius 2 is 2.33 bits per heavy atom. The highest BCUT2D eigenvalue weighted by atomic mass is 35.5. The molecule has 0 aliphatic carbocycles. The molecule has 0 aromatic carbocycles. The first-order valence-electron chi connectivity index (χ1n) is 1.66. The Morgan fingerprint density at radius 1 is 1.67 bits per heavy atom. The first kappa shape index (κ1) is 6.60. The summed E-state index contributed by atoms with van der Waals surface area (Å²) >= 11 is 6.68. The Balaban J connectivity index is 2.34. The van der Waals surface area contributed by atoms with Crippen molar-refractivity contribution >= 4 is 23.4 Å². The van der Waals surface area contributed by atoms with E-state index in [4.69, 9.17) is 16.7 Å². The zero-order chi connectivity index (χ0) is 4.83. The summed E-state index contributed by atoms with van der Waals surface area (Å²) in [6, 6.07) is 0. The summed E-state index contributed by atoms with van der Waals surface area (Å²) in [5, 5.41) is 8.10. The van der Waals surface area contributed by atoms with Crippen LogP contribution in [0.25, 0.3) is 0 Å². The second kappa shape index (κ2) is 5.60. The molecule has 0 aromatic rings. The van der Waals surface area contributed by atoms with Gasteiger partial charge in [-0.3, -0.25) is 0 Å². The van der Waals surface area contributed by atoms with Gasteiger partial charge < -0.3 is 5.11 Å². The molecule has 0 spiro atoms. The summed E-state index contributed by atoms with van der Waals surface area (Å²) in [7, 11) is 0. The van der Waals surface area contributed by atoms with E-state index < -0.39 is 0 Å². The average molecular weight is 127 g/mol. The normalized spacial score (nSPS) is 9.00. The van der Waals surface area contributed by atoms with Gasteiger partial charge in [0.25, 0.3) is 0 Å². The van der Waals surface area contributed by atoms with E-state index in [0.717, 1.165) is 5.75 Å². The first-order chi connectivity index (χ1) is 2.91. The van der Waals surface area contributed by atoms with Crippen LogP contribution in [0.2, 0.25) is 0 Å². The Hall–Kier alpha value is 0.600. The van der Waals surface area contributed by atoms with Crippen molar-refractivity contribution in [3.05, 3.63) is 0 Å². The molecule has 3 heteroatoms. The highest BCUT2D eigenvalue weighted by molar-refractivity contribution is 7.99. The molecule has 0 saturated heterocycles. The quantitative estimate of drug-likeness (QED) is 0.345. The lowest BCUT2D eigenvalue weighted by Gasteiger charge is -1.85. The summed E-state index contributed by atoms with van der Waals surface area (Å²) < 4.78 is 0. The van der Waals surface area contributed by atoms with Crippen LogP contribution in [0.15, 0.2) is 0 Å². The molecular formula is C3H7ClOS. The van der Waals surface area contributed by atoms with Crippen molar-refractivity contribution in [1.29, 1.82) is 0 Å². The van der Waals surface area contributed by atoms with Gasteiger partial charge in [0.05, 0.1) is 5.94 Å². The van der Waals surface area contributed by atoms with Crippen LogP contribution in [0.1, 0.15) is 0 Å². The predicted molar refractivity (Wildman–Crippen MR) is 30.3 cm³/mol. The summed E-state index contributed by atoms with van der Waals surface area (Å²) in [4.78, 5) is 0. The molecule has 0 heterocycles. The lowest BCUT2D eigenvalue weighted by Crippen LogP contribution is -1.79. The summed E-state index contributed by atoms with van der Waals surface area (Å²) in [6.07, 6.45) is 0. The SMILES string of the molecule is OCSCCCl. The summed E-state index contributed by atoms with van der Waals surface area (Å²) in [5.74, 6) is 1.66. The van der Waals surface area contributed by atoms with Gasteiger partial charge >= 0.3 is 0 Å². The number of aliphatic hydroxyl groups is 1. The second-order valence-corrected chi connectivity index (χ2v) is 2.18. The van der Waals surface area contributed by atoms with Gasteiger partial charge in [-0.1, -0.05) is 0 Å². The van der Waals surface area contributed by atoms with Crippen molar-refractivity contribution in [3.8, 4) is 0 Å². The minimum absolute atomic E-state index is 0.187. The molecule has 0 bridgehead atoms. The molecule has 0 unspecified atom stereocenters. The lowest BCUT2D eigenvalue weighted by molar-refractivity contribution is 0.375. The molecular weight excluding hydrogens is 120 g/mol. The van der Waals surface area contributed by atoms with Crippen LogP contribution in [0.3, 0.4) is 0 Å². The molecule has 6 heavy (non-hydrogen) atoms. The standard InChI is InChI=1S/C3H7ClOS/c4-1-2-6-3-5/h5H,1-3H2. The van der Waals surface area contributed by atoms with Gasteiger partial charge in [0, 0.05) is 11.6 Å². The van der Waals surface area contributed by atoms with Crippen molar-refractivity contribution in [2.75, 3.05) is 17.6 Å². The Kier molecular flexibility index (Phi) is 6.16. The predicted octanol–water partition coefficient (Wildman–Crippen LogP) is 0.908. The van der Waals surface area contributed by atoms with Crippen LogP contribution in [-0.2, 0) is 0 Å². The average Bonchev–Trinajstić information content (AvgIpc) is 1.61. The smallest absolute Gasteiger partial charge is 0.0886 e. The van der Waals surface area contributed by atoms with Crippen LogP contribution < -0.4 is 0 Å². The third-order valence-corrected chi connectivity index (χ3v) is 1.40. The minimum Gasteiger partial charge on any atom is -0.386 e. The molecule has 38 valence electrons. The van der Waals surface area contributed by atoms with E-state index in [9.17, 15) is 0 Å². The minimum atomic E-state index is 0.187. The molecule has 0 aliphatic heterocycles. The Labute approximate surface area is 46.7 Å². The van der Waals surface area contributed by atoms with Gasteiger partial charge in [0.15, 0.2) is 0 Å². The largest absolute Gasteiger partial charge is 0.386 e. The lowest BCUT2D eigenvalue weighted by atomic mass is 11.0. The zero-order valence-corrected chi connectivity index (χ0v) is 4.93. The molecule has 0 amide bonds. The highest BCUT2D eigenvalue weighted by Crippen LogP contribution is 1.95. The van der Waals surface area contributed by atoms with Crippen LogP contribution >= 0.6 is 23.4 Å². The number of hydrogen-bond donors (Lipinski definition) is 1. The van der Waals surface area contributed by atoms with Gasteiger partial charge in [0.1, 0.15) is 0 Å². The van der Waals surface area contributed by atoms with Crippen molar-refractivity contribution in [2.24, 2.45) is 0 Å². The number of hydrogen-bond acceptors (Lipinski definition) is 2. The van der Waals surface area contributed by atoms with Crippen LogP contribution in [0.5, 0.6) is 0 Å². The molecule has 0 radical (unpaired) electrons. The Morgan fingerprint density at radius 3 is 2.50 bits per heavy atom. The van der Waals surface area contributed by atoms with E-state index in [1.807, 2.05) is 0 Å². The van der Waals surface area contributed by atoms with Crippen LogP contribution in [0, 0.1) is 0 Å². The fourth-order valence-corrected chi connectivity index (χ4v) is 0.685. The van der Waals surface area contributed by atoms with Crippen molar-refractivity contribution in [3.63, 3.8) is 0 Å². The van der Waals surface area contributed by atoms with Gasteiger partial charge in [-0.25, -0.2) is 0 Å². The highest BCUT2D eigenvalue weighted by Gasteiger charge is 1.77. The molecule has 1 N–H and O–H groups in total. The van der Waals surface area contributed by atoms with Crippen LogP contribution in [-0.4, -0.2) is 22.7 Å². The molecule has 0 rings (SSSR count). The van der Waals surface area contributed by atoms with Crippen LogP contribution in [0.4, 0.5) is 0 Å². The summed E-state index contributed by atoms with van der Waals surface area (Å²) in [5.41, 5.74) is 0. The maximum Gasteiger partial charge on any atom is 0.0886 e. The molecule has 0 aromatic heterocycles. The number of halogens is 1. The molecule has 0 atom stereocenters. The second-order valence-electron chi connectivity index (χ2n) is 0.726. The topological polar surface area (TPSA) is 20.2 Å². The maximum absolute atomic E-state index is 8.10. The molecule has 0 aliphatic rings. The van der Waals surface area contributed by atoms with Crippen molar-refractivity contribution < 1.29 is 5.11 Å². The Bertz CT molecular complexity index is 22.8. The third-order valence-electron chi connectivity index (χ3n) is 0.313. The van der Waals surface area contributed by atoms with Gasteiger partial charge in [-0.2, -0.15) is 0 Å². The van der Waals surface area contributed by atoms with Gasteiger partial charge in [-0.15, -0.1) is 23.4 Å². The van der Waals surface area contributed by atoms with Crippen molar-refractivity contribution in [2.45, 2.75) is 0 Å². The third kappa shape index (κ3) is 4.60. The van der Waals surface area contributed by atoms with E-state index in [1.54, 1.807) is 0 Å². The molecule has 0 saturated carbocycles. The zero-order valence-electron chi connectivity index (χ0n) is 3.35. The number of rotatable bonds is 3. The maximum atomic E-state index is 8.10. The first-order valence-corrected chi connectivity index (χ1v) is 3.35. The summed E-state index contributed by atoms with van der Waals surface area (Å²) in [6.45, 7) is 0. The van der Waals surface area contributed by atoms with E-state index >= 15 is 0 Å². The van der Waals surface area contributed by atoms with E-state index in [1.165, 1.54) is 11.8 Å².